The lowest BCUT2D eigenvalue weighted by Gasteiger charge is -2.34. The lowest BCUT2D eigenvalue weighted by Crippen LogP contribution is -2.48. The van der Waals surface area contributed by atoms with Crippen LogP contribution in [0, 0.1) is 0 Å². The van der Waals surface area contributed by atoms with Crippen molar-refractivity contribution in [1.29, 1.82) is 0 Å². The van der Waals surface area contributed by atoms with Gasteiger partial charge in [0.05, 0.1) is 5.69 Å². The summed E-state index contributed by atoms with van der Waals surface area (Å²) in [4.78, 5) is 21.8. The monoisotopic (exact) mass is 518 g/mol. The van der Waals surface area contributed by atoms with Gasteiger partial charge in [-0.3, -0.25) is 14.3 Å². The molecule has 4 aromatic rings. The van der Waals surface area contributed by atoms with E-state index in [1.165, 1.54) is 0 Å². The highest BCUT2D eigenvalue weighted by molar-refractivity contribution is 7.98. The minimum atomic E-state index is 0.0933. The molecule has 1 fully saturated rings. The summed E-state index contributed by atoms with van der Waals surface area (Å²) in [6.07, 6.45) is 3.47. The van der Waals surface area contributed by atoms with Gasteiger partial charge in [0.25, 0.3) is 5.91 Å². The van der Waals surface area contributed by atoms with Crippen molar-refractivity contribution in [2.75, 3.05) is 32.7 Å². The summed E-state index contributed by atoms with van der Waals surface area (Å²) in [7, 11) is 0. The molecule has 2 aromatic heterocycles. The standard InChI is InChI=1S/C27H27ClN6OS/c1-2-32-14-16-33(17-15-32)26(35)24-9-4-3-6-21(24)19-36-27-31-30-25(20-10-12-29-13-11-20)34(27)23-8-5-7-22(28)18-23/h3-13,18H,2,14-17,19H2,1H3. The quantitative estimate of drug-likeness (QED) is 0.319. The molecule has 184 valence electrons. The van der Waals surface area contributed by atoms with E-state index >= 15 is 0 Å². The van der Waals surface area contributed by atoms with Gasteiger partial charge < -0.3 is 9.80 Å². The Kier molecular flexibility index (Phi) is 7.65. The molecule has 5 rings (SSSR count). The molecule has 36 heavy (non-hydrogen) atoms. The van der Waals surface area contributed by atoms with Gasteiger partial charge in [0.15, 0.2) is 11.0 Å². The highest BCUT2D eigenvalue weighted by Gasteiger charge is 2.24. The predicted octanol–water partition coefficient (Wildman–Crippen LogP) is 5.05. The largest absolute Gasteiger partial charge is 0.336 e. The zero-order valence-electron chi connectivity index (χ0n) is 20.0. The fourth-order valence-electron chi connectivity index (χ4n) is 4.33. The number of hydrogen-bond donors (Lipinski definition) is 0. The average Bonchev–Trinajstić information content (AvgIpc) is 3.36. The van der Waals surface area contributed by atoms with Gasteiger partial charge in [-0.05, 0) is 48.5 Å². The number of aromatic nitrogens is 4. The third-order valence-electron chi connectivity index (χ3n) is 6.35. The Morgan fingerprint density at radius 2 is 1.75 bits per heavy atom. The number of benzene rings is 2. The minimum Gasteiger partial charge on any atom is -0.336 e. The van der Waals surface area contributed by atoms with Crippen molar-refractivity contribution in [1.82, 2.24) is 29.5 Å². The minimum absolute atomic E-state index is 0.0933. The van der Waals surface area contributed by atoms with Gasteiger partial charge in [0.1, 0.15) is 0 Å². The molecule has 0 radical (unpaired) electrons. The molecule has 7 nitrogen and oxygen atoms in total. The van der Waals surface area contributed by atoms with Gasteiger partial charge >= 0.3 is 0 Å². The van der Waals surface area contributed by atoms with Gasteiger partial charge in [0, 0.05) is 60.5 Å². The van der Waals surface area contributed by atoms with E-state index in [1.54, 1.807) is 24.2 Å². The summed E-state index contributed by atoms with van der Waals surface area (Å²) in [5.74, 6) is 1.39. The number of nitrogens with zero attached hydrogens (tertiary/aromatic N) is 6. The van der Waals surface area contributed by atoms with Crippen LogP contribution in [0.1, 0.15) is 22.8 Å². The molecule has 0 saturated carbocycles. The van der Waals surface area contributed by atoms with Crippen molar-refractivity contribution < 1.29 is 4.79 Å². The SMILES string of the molecule is CCN1CCN(C(=O)c2ccccc2CSc2nnc(-c3ccncc3)n2-c2cccc(Cl)c2)CC1. The molecule has 0 N–H and O–H groups in total. The fourth-order valence-corrected chi connectivity index (χ4v) is 5.47. The second-order valence-corrected chi connectivity index (χ2v) is 9.91. The molecule has 1 amide bonds. The second-order valence-electron chi connectivity index (χ2n) is 8.53. The van der Waals surface area contributed by atoms with Gasteiger partial charge in [0.2, 0.25) is 0 Å². The van der Waals surface area contributed by atoms with E-state index < -0.39 is 0 Å². The molecule has 2 aromatic carbocycles. The smallest absolute Gasteiger partial charge is 0.254 e. The number of halogens is 1. The van der Waals surface area contributed by atoms with E-state index in [4.69, 9.17) is 11.6 Å². The van der Waals surface area contributed by atoms with Crippen LogP contribution in [0.3, 0.4) is 0 Å². The first kappa shape index (κ1) is 24.5. The van der Waals surface area contributed by atoms with Crippen molar-refractivity contribution >= 4 is 29.3 Å². The maximum atomic E-state index is 13.4. The summed E-state index contributed by atoms with van der Waals surface area (Å²) in [5.41, 5.74) is 3.51. The number of carbonyl (C=O) groups is 1. The maximum Gasteiger partial charge on any atom is 0.254 e. The molecular weight excluding hydrogens is 492 g/mol. The fraction of sp³-hybridized carbons (Fsp3) is 0.259. The normalized spacial score (nSPS) is 14.2. The molecule has 0 bridgehead atoms. The van der Waals surface area contributed by atoms with Crippen LogP contribution in [0.15, 0.2) is 78.2 Å². The highest BCUT2D eigenvalue weighted by atomic mass is 35.5. The van der Waals surface area contributed by atoms with Crippen LogP contribution in [0.5, 0.6) is 0 Å². The van der Waals surface area contributed by atoms with Gasteiger partial charge in [-0.15, -0.1) is 10.2 Å². The van der Waals surface area contributed by atoms with Crippen molar-refractivity contribution in [3.05, 3.63) is 89.2 Å². The van der Waals surface area contributed by atoms with E-state index in [0.29, 0.717) is 16.6 Å². The first-order valence-corrected chi connectivity index (χ1v) is 13.3. The van der Waals surface area contributed by atoms with Gasteiger partial charge in [-0.25, -0.2) is 0 Å². The van der Waals surface area contributed by atoms with Gasteiger partial charge in [-0.1, -0.05) is 54.6 Å². The molecule has 1 aliphatic heterocycles. The van der Waals surface area contributed by atoms with Crippen molar-refractivity contribution in [2.45, 2.75) is 17.8 Å². The van der Waals surface area contributed by atoms with E-state index in [9.17, 15) is 4.79 Å². The number of pyridine rings is 1. The van der Waals surface area contributed by atoms with Crippen LogP contribution in [-0.4, -0.2) is 68.2 Å². The Morgan fingerprint density at radius 3 is 2.50 bits per heavy atom. The molecule has 0 unspecified atom stereocenters. The van der Waals surface area contributed by atoms with Crippen LogP contribution in [0.2, 0.25) is 5.02 Å². The zero-order chi connectivity index (χ0) is 24.9. The highest BCUT2D eigenvalue weighted by Crippen LogP contribution is 2.31. The Labute approximate surface area is 220 Å². The van der Waals surface area contributed by atoms with E-state index in [1.807, 2.05) is 70.1 Å². The van der Waals surface area contributed by atoms with Crippen LogP contribution < -0.4 is 0 Å². The number of carbonyl (C=O) groups excluding carboxylic acids is 1. The summed E-state index contributed by atoms with van der Waals surface area (Å²) < 4.78 is 2.00. The molecule has 1 saturated heterocycles. The predicted molar refractivity (Wildman–Crippen MR) is 144 cm³/mol. The molecule has 3 heterocycles. The first-order chi connectivity index (χ1) is 17.6. The molecule has 0 aliphatic carbocycles. The van der Waals surface area contributed by atoms with Crippen LogP contribution >= 0.6 is 23.4 Å². The summed E-state index contributed by atoms with van der Waals surface area (Å²) in [6, 6.07) is 19.3. The average molecular weight is 519 g/mol. The first-order valence-electron chi connectivity index (χ1n) is 12.0. The number of hydrogen-bond acceptors (Lipinski definition) is 6. The van der Waals surface area contributed by atoms with Gasteiger partial charge in [-0.2, -0.15) is 0 Å². The van der Waals surface area contributed by atoms with E-state index in [2.05, 4.69) is 27.0 Å². The summed E-state index contributed by atoms with van der Waals surface area (Å²) >= 11 is 7.87. The topological polar surface area (TPSA) is 67.2 Å². The lowest BCUT2D eigenvalue weighted by atomic mass is 10.1. The Balaban J connectivity index is 1.42. The van der Waals surface area contributed by atoms with E-state index in [0.717, 1.165) is 60.3 Å². The molecular formula is C27H27ClN6OS. The Morgan fingerprint density at radius 1 is 0.972 bits per heavy atom. The Bertz CT molecular complexity index is 1340. The van der Waals surface area contributed by atoms with Crippen LogP contribution in [-0.2, 0) is 5.75 Å². The number of rotatable bonds is 7. The third-order valence-corrected chi connectivity index (χ3v) is 7.56. The molecule has 0 spiro atoms. The number of thioether (sulfide) groups is 1. The number of piperazine rings is 1. The second kappa shape index (κ2) is 11.2. The summed E-state index contributed by atoms with van der Waals surface area (Å²) in [5, 5.41) is 10.4. The van der Waals surface area contributed by atoms with Crippen LogP contribution in [0.4, 0.5) is 0 Å². The number of amides is 1. The van der Waals surface area contributed by atoms with E-state index in [-0.39, 0.29) is 5.91 Å². The van der Waals surface area contributed by atoms with Crippen molar-refractivity contribution in [3.63, 3.8) is 0 Å². The van der Waals surface area contributed by atoms with Crippen molar-refractivity contribution in [2.24, 2.45) is 0 Å². The molecule has 1 aliphatic rings. The maximum absolute atomic E-state index is 13.4. The lowest BCUT2D eigenvalue weighted by molar-refractivity contribution is 0.0642. The Hall–Kier alpha value is -3.20. The third kappa shape index (κ3) is 5.31. The van der Waals surface area contributed by atoms with Crippen LogP contribution in [0.25, 0.3) is 17.1 Å². The zero-order valence-corrected chi connectivity index (χ0v) is 21.6. The van der Waals surface area contributed by atoms with Crippen molar-refractivity contribution in [3.8, 4) is 17.1 Å². The molecule has 9 heteroatoms. The molecule has 0 atom stereocenters. The number of likely N-dealkylation sites (N-methyl/N-ethyl adjacent to an activating group) is 1. The summed E-state index contributed by atoms with van der Waals surface area (Å²) in [6.45, 7) is 6.52.